The van der Waals surface area contributed by atoms with Gasteiger partial charge in [-0.25, -0.2) is 4.79 Å². The molecule has 0 radical (unpaired) electrons. The van der Waals surface area contributed by atoms with Crippen LogP contribution in [0.3, 0.4) is 0 Å². The van der Waals surface area contributed by atoms with Crippen molar-refractivity contribution in [3.05, 3.63) is 12.2 Å². The van der Waals surface area contributed by atoms with Crippen molar-refractivity contribution in [1.82, 2.24) is 5.32 Å². The minimum Gasteiger partial charge on any atom is -0.478 e. The van der Waals surface area contributed by atoms with Crippen molar-refractivity contribution in [1.29, 1.82) is 0 Å². The van der Waals surface area contributed by atoms with E-state index < -0.39 is 11.9 Å². The fraction of sp³-hybridized carbons (Fsp3) is 0.600. The van der Waals surface area contributed by atoms with Crippen LogP contribution >= 0.6 is 0 Å². The molecule has 0 aromatic heterocycles. The summed E-state index contributed by atoms with van der Waals surface area (Å²) in [5.74, 6) is -1.55. The summed E-state index contributed by atoms with van der Waals surface area (Å²) in [6, 6.07) is 0. The van der Waals surface area contributed by atoms with Gasteiger partial charge in [0, 0.05) is 25.3 Å². The third-order valence-corrected chi connectivity index (χ3v) is 1.57. The average Bonchev–Trinajstić information content (AvgIpc) is 2.20. The lowest BCUT2D eigenvalue weighted by molar-refractivity contribution is -0.131. The Hall–Kier alpha value is -1.36. The third kappa shape index (κ3) is 10.6. The molecular formula is C10H17NO4. The third-order valence-electron chi connectivity index (χ3n) is 1.57. The van der Waals surface area contributed by atoms with Crippen LogP contribution in [0.15, 0.2) is 12.2 Å². The molecule has 0 aliphatic rings. The molecule has 0 atom stereocenters. The number of carbonyl (C=O) groups is 2. The standard InChI is InChI=1S/C10H17NO4/c1-2-3-7-15-8-6-11-9(12)4-5-10(13)14/h4-5H,2-3,6-8H2,1H3,(H,11,12)(H,13,14)/b5-4+. The monoisotopic (exact) mass is 215 g/mol. The summed E-state index contributed by atoms with van der Waals surface area (Å²) >= 11 is 0. The molecule has 0 bridgehead atoms. The molecule has 0 aromatic carbocycles. The van der Waals surface area contributed by atoms with E-state index in [1.54, 1.807) is 0 Å². The van der Waals surface area contributed by atoms with Gasteiger partial charge in [-0.3, -0.25) is 4.79 Å². The van der Waals surface area contributed by atoms with Crippen molar-refractivity contribution in [3.63, 3.8) is 0 Å². The van der Waals surface area contributed by atoms with Gasteiger partial charge in [0.2, 0.25) is 5.91 Å². The molecule has 2 N–H and O–H groups in total. The van der Waals surface area contributed by atoms with Crippen LogP contribution in [0.5, 0.6) is 0 Å². The fourth-order valence-corrected chi connectivity index (χ4v) is 0.801. The molecule has 15 heavy (non-hydrogen) atoms. The van der Waals surface area contributed by atoms with E-state index in [0.29, 0.717) is 19.8 Å². The summed E-state index contributed by atoms with van der Waals surface area (Å²) in [7, 11) is 0. The Kier molecular flexibility index (Phi) is 8.37. The minimum absolute atomic E-state index is 0.395. The molecule has 0 aliphatic carbocycles. The van der Waals surface area contributed by atoms with Gasteiger partial charge >= 0.3 is 5.97 Å². The van der Waals surface area contributed by atoms with Crippen LogP contribution in [-0.4, -0.2) is 36.7 Å². The van der Waals surface area contributed by atoms with Gasteiger partial charge < -0.3 is 15.2 Å². The molecule has 0 heterocycles. The zero-order valence-corrected chi connectivity index (χ0v) is 8.86. The van der Waals surface area contributed by atoms with Gasteiger partial charge in [0.05, 0.1) is 6.61 Å². The highest BCUT2D eigenvalue weighted by Gasteiger charge is 1.95. The lowest BCUT2D eigenvalue weighted by Crippen LogP contribution is -2.25. The number of unbranched alkanes of at least 4 members (excludes halogenated alkanes) is 1. The van der Waals surface area contributed by atoms with E-state index in [4.69, 9.17) is 9.84 Å². The molecule has 5 nitrogen and oxygen atoms in total. The highest BCUT2D eigenvalue weighted by Crippen LogP contribution is 1.86. The van der Waals surface area contributed by atoms with Crippen molar-refractivity contribution in [3.8, 4) is 0 Å². The summed E-state index contributed by atoms with van der Waals surface area (Å²) < 4.78 is 5.19. The highest BCUT2D eigenvalue weighted by atomic mass is 16.5. The zero-order valence-electron chi connectivity index (χ0n) is 8.86. The first-order valence-corrected chi connectivity index (χ1v) is 4.93. The molecule has 0 rings (SSSR count). The first kappa shape index (κ1) is 13.6. The number of hydrogen-bond acceptors (Lipinski definition) is 3. The maximum atomic E-state index is 10.9. The number of rotatable bonds is 8. The van der Waals surface area contributed by atoms with Gasteiger partial charge in [0.25, 0.3) is 0 Å². The second-order valence-corrected chi connectivity index (χ2v) is 2.93. The summed E-state index contributed by atoms with van der Waals surface area (Å²) in [5.41, 5.74) is 0. The number of carbonyl (C=O) groups excluding carboxylic acids is 1. The Labute approximate surface area is 89.1 Å². The SMILES string of the molecule is CCCCOCCNC(=O)/C=C/C(=O)O. The predicted octanol–water partition coefficient (Wildman–Crippen LogP) is 0.560. The fourth-order valence-electron chi connectivity index (χ4n) is 0.801. The van der Waals surface area contributed by atoms with Crippen LogP contribution in [0.25, 0.3) is 0 Å². The lowest BCUT2D eigenvalue weighted by atomic mass is 10.4. The van der Waals surface area contributed by atoms with Crippen LogP contribution in [0.4, 0.5) is 0 Å². The lowest BCUT2D eigenvalue weighted by Gasteiger charge is -2.03. The maximum Gasteiger partial charge on any atom is 0.328 e. The van der Waals surface area contributed by atoms with E-state index in [1.165, 1.54) is 0 Å². The molecule has 0 unspecified atom stereocenters. The second kappa shape index (κ2) is 9.21. The number of nitrogens with one attached hydrogen (secondary N) is 1. The topological polar surface area (TPSA) is 75.6 Å². The van der Waals surface area contributed by atoms with Crippen LogP contribution in [0, 0.1) is 0 Å². The molecule has 0 saturated carbocycles. The number of hydrogen-bond donors (Lipinski definition) is 2. The van der Waals surface area contributed by atoms with E-state index in [0.717, 1.165) is 25.0 Å². The zero-order chi connectivity index (χ0) is 11.5. The molecule has 5 heteroatoms. The maximum absolute atomic E-state index is 10.9. The van der Waals surface area contributed by atoms with Gasteiger partial charge in [0.1, 0.15) is 0 Å². The first-order valence-electron chi connectivity index (χ1n) is 4.93. The van der Waals surface area contributed by atoms with Crippen molar-refractivity contribution in [2.45, 2.75) is 19.8 Å². The first-order chi connectivity index (χ1) is 7.16. The smallest absolute Gasteiger partial charge is 0.328 e. The molecule has 0 aliphatic heterocycles. The molecule has 0 aromatic rings. The van der Waals surface area contributed by atoms with Crippen LogP contribution in [-0.2, 0) is 14.3 Å². The van der Waals surface area contributed by atoms with Crippen molar-refractivity contribution in [2.75, 3.05) is 19.8 Å². The quantitative estimate of drug-likeness (QED) is 0.458. The van der Waals surface area contributed by atoms with E-state index in [1.807, 2.05) is 0 Å². The molecule has 0 spiro atoms. The Morgan fingerprint density at radius 2 is 2.07 bits per heavy atom. The van der Waals surface area contributed by atoms with Crippen molar-refractivity contribution >= 4 is 11.9 Å². The molecule has 0 fully saturated rings. The molecule has 1 amide bonds. The van der Waals surface area contributed by atoms with E-state index in [9.17, 15) is 9.59 Å². The molecular weight excluding hydrogens is 198 g/mol. The summed E-state index contributed by atoms with van der Waals surface area (Å²) in [5, 5.41) is 10.7. The molecule has 0 saturated heterocycles. The predicted molar refractivity (Wildman–Crippen MR) is 55.5 cm³/mol. The van der Waals surface area contributed by atoms with E-state index >= 15 is 0 Å². The summed E-state index contributed by atoms with van der Waals surface area (Å²) in [6.45, 7) is 3.61. The summed E-state index contributed by atoms with van der Waals surface area (Å²) in [6.07, 6.45) is 3.86. The molecule has 86 valence electrons. The van der Waals surface area contributed by atoms with E-state index in [2.05, 4.69) is 12.2 Å². The largest absolute Gasteiger partial charge is 0.478 e. The van der Waals surface area contributed by atoms with Crippen molar-refractivity contribution in [2.24, 2.45) is 0 Å². The number of ether oxygens (including phenoxy) is 1. The normalized spacial score (nSPS) is 10.5. The highest BCUT2D eigenvalue weighted by molar-refractivity contribution is 5.93. The summed E-state index contributed by atoms with van der Waals surface area (Å²) in [4.78, 5) is 21.0. The van der Waals surface area contributed by atoms with Crippen LogP contribution in [0.1, 0.15) is 19.8 Å². The number of aliphatic carboxylic acids is 1. The van der Waals surface area contributed by atoms with Gasteiger partial charge in [-0.1, -0.05) is 13.3 Å². The van der Waals surface area contributed by atoms with Gasteiger partial charge in [-0.2, -0.15) is 0 Å². The Morgan fingerprint density at radius 3 is 2.67 bits per heavy atom. The number of carboxylic acids is 1. The van der Waals surface area contributed by atoms with Crippen molar-refractivity contribution < 1.29 is 19.4 Å². The van der Waals surface area contributed by atoms with E-state index in [-0.39, 0.29) is 0 Å². The van der Waals surface area contributed by atoms with Gasteiger partial charge in [0.15, 0.2) is 0 Å². The minimum atomic E-state index is -1.13. The number of carboxylic acid groups (broad SMARTS) is 1. The Morgan fingerprint density at radius 1 is 1.33 bits per heavy atom. The second-order valence-electron chi connectivity index (χ2n) is 2.93. The van der Waals surface area contributed by atoms with Gasteiger partial charge in [-0.15, -0.1) is 0 Å². The average molecular weight is 215 g/mol. The van der Waals surface area contributed by atoms with Gasteiger partial charge in [-0.05, 0) is 6.42 Å². The Balaban J connectivity index is 3.35. The van der Waals surface area contributed by atoms with Crippen LogP contribution < -0.4 is 5.32 Å². The van der Waals surface area contributed by atoms with Crippen LogP contribution in [0.2, 0.25) is 0 Å². The number of amides is 1. The Bertz CT molecular complexity index is 225.